The van der Waals surface area contributed by atoms with Crippen LogP contribution in [0.5, 0.6) is 5.88 Å². The third-order valence-corrected chi connectivity index (χ3v) is 2.96. The molecule has 0 aliphatic carbocycles. The van der Waals surface area contributed by atoms with Gasteiger partial charge in [-0.05, 0) is 12.1 Å². The Hall–Kier alpha value is -2.82. The number of aromatic nitrogens is 3. The summed E-state index contributed by atoms with van der Waals surface area (Å²) in [6, 6.07) is 10.8. The molecule has 0 aliphatic heterocycles. The second kappa shape index (κ2) is 5.05. The molecule has 0 spiro atoms. The molecule has 3 aromatic rings. The van der Waals surface area contributed by atoms with Gasteiger partial charge in [0.05, 0.1) is 18.2 Å². The lowest BCUT2D eigenvalue weighted by molar-refractivity contribution is 0.103. The highest BCUT2D eigenvalue weighted by Crippen LogP contribution is 2.19. The topological polar surface area (TPSA) is 65.0 Å². The summed E-state index contributed by atoms with van der Waals surface area (Å²) in [6.45, 7) is 0. The number of methoxy groups -OCH3 is 1. The Morgan fingerprint density at radius 3 is 2.80 bits per heavy atom. The minimum absolute atomic E-state index is 0.199. The molecule has 0 saturated heterocycles. The summed E-state index contributed by atoms with van der Waals surface area (Å²) in [7, 11) is 1.50. The summed E-state index contributed by atoms with van der Waals surface area (Å²) in [5.41, 5.74) is 1.47. The number of para-hydroxylation sites is 1. The Balaban J connectivity index is 2.12. The average molecular weight is 265 g/mol. The summed E-state index contributed by atoms with van der Waals surface area (Å²) in [5, 5.41) is 0.916. The van der Waals surface area contributed by atoms with Gasteiger partial charge in [-0.15, -0.1) is 0 Å². The fourth-order valence-corrected chi connectivity index (χ4v) is 2.00. The van der Waals surface area contributed by atoms with Gasteiger partial charge >= 0.3 is 0 Å². The van der Waals surface area contributed by atoms with Gasteiger partial charge in [-0.25, -0.2) is 9.97 Å². The van der Waals surface area contributed by atoms with Crippen molar-refractivity contribution in [2.75, 3.05) is 7.11 Å². The van der Waals surface area contributed by atoms with Crippen molar-refractivity contribution in [2.24, 2.45) is 0 Å². The fourth-order valence-electron chi connectivity index (χ4n) is 2.00. The molecule has 20 heavy (non-hydrogen) atoms. The minimum atomic E-state index is -0.199. The summed E-state index contributed by atoms with van der Waals surface area (Å²) in [6.07, 6.45) is 2.98. The molecule has 0 fully saturated rings. The molecule has 0 saturated carbocycles. The zero-order chi connectivity index (χ0) is 13.9. The molecule has 2 aromatic heterocycles. The number of rotatable bonds is 3. The number of pyridine rings is 1. The lowest BCUT2D eigenvalue weighted by atomic mass is 10.0. The van der Waals surface area contributed by atoms with Gasteiger partial charge in [-0.1, -0.05) is 18.2 Å². The Morgan fingerprint density at radius 1 is 1.10 bits per heavy atom. The van der Waals surface area contributed by atoms with Gasteiger partial charge < -0.3 is 4.74 Å². The Kier molecular flexibility index (Phi) is 3.09. The molecule has 98 valence electrons. The van der Waals surface area contributed by atoms with Crippen LogP contribution in [0.15, 0.2) is 48.9 Å². The highest BCUT2D eigenvalue weighted by atomic mass is 16.5. The van der Waals surface area contributed by atoms with Crippen LogP contribution in [0, 0.1) is 0 Å². The van der Waals surface area contributed by atoms with E-state index >= 15 is 0 Å². The van der Waals surface area contributed by atoms with E-state index in [0.717, 1.165) is 5.39 Å². The van der Waals surface area contributed by atoms with E-state index in [-0.39, 0.29) is 11.5 Å². The van der Waals surface area contributed by atoms with Crippen molar-refractivity contribution in [3.05, 3.63) is 60.2 Å². The van der Waals surface area contributed by atoms with Gasteiger partial charge in [0.25, 0.3) is 0 Å². The summed E-state index contributed by atoms with van der Waals surface area (Å²) < 4.78 is 5.01. The smallest absolute Gasteiger partial charge is 0.216 e. The van der Waals surface area contributed by atoms with E-state index in [2.05, 4.69) is 15.0 Å². The van der Waals surface area contributed by atoms with E-state index in [1.54, 1.807) is 12.3 Å². The SMILES string of the molecule is COc1cc(C(=O)c2cccc3cccnc23)ncn1. The summed E-state index contributed by atoms with van der Waals surface area (Å²) >= 11 is 0. The molecule has 0 bridgehead atoms. The molecule has 0 aliphatic rings. The molecule has 5 nitrogen and oxygen atoms in total. The summed E-state index contributed by atoms with van der Waals surface area (Å²) in [5.74, 6) is 0.159. The van der Waals surface area contributed by atoms with Crippen molar-refractivity contribution in [2.45, 2.75) is 0 Å². The van der Waals surface area contributed by atoms with Crippen molar-refractivity contribution in [1.29, 1.82) is 0 Å². The normalized spacial score (nSPS) is 10.4. The van der Waals surface area contributed by atoms with Crippen LogP contribution >= 0.6 is 0 Å². The van der Waals surface area contributed by atoms with Gasteiger partial charge in [0.15, 0.2) is 0 Å². The van der Waals surface area contributed by atoms with Crippen LogP contribution < -0.4 is 4.74 Å². The second-order valence-electron chi connectivity index (χ2n) is 4.16. The van der Waals surface area contributed by atoms with E-state index in [0.29, 0.717) is 17.0 Å². The molecular weight excluding hydrogens is 254 g/mol. The number of ketones is 1. The van der Waals surface area contributed by atoms with E-state index < -0.39 is 0 Å². The predicted octanol–water partition coefficient (Wildman–Crippen LogP) is 2.26. The quantitative estimate of drug-likeness (QED) is 0.680. The van der Waals surface area contributed by atoms with Crippen LogP contribution in [0.1, 0.15) is 16.1 Å². The maximum Gasteiger partial charge on any atom is 0.216 e. The van der Waals surface area contributed by atoms with Gasteiger partial charge in [0.1, 0.15) is 12.0 Å². The zero-order valence-corrected chi connectivity index (χ0v) is 10.8. The first-order chi connectivity index (χ1) is 9.79. The highest BCUT2D eigenvalue weighted by Gasteiger charge is 2.15. The van der Waals surface area contributed by atoms with E-state index in [1.807, 2.05) is 24.3 Å². The number of fused-ring (bicyclic) bond motifs is 1. The number of benzene rings is 1. The van der Waals surface area contributed by atoms with Crippen LogP contribution in [0.4, 0.5) is 0 Å². The van der Waals surface area contributed by atoms with Crippen LogP contribution in [0.25, 0.3) is 10.9 Å². The molecule has 0 unspecified atom stereocenters. The van der Waals surface area contributed by atoms with Crippen LogP contribution in [0.2, 0.25) is 0 Å². The molecule has 0 N–H and O–H groups in total. The van der Waals surface area contributed by atoms with Crippen LogP contribution in [0.3, 0.4) is 0 Å². The minimum Gasteiger partial charge on any atom is -0.481 e. The lowest BCUT2D eigenvalue weighted by Gasteiger charge is -2.05. The van der Waals surface area contributed by atoms with Crippen molar-refractivity contribution in [3.63, 3.8) is 0 Å². The number of carbonyl (C=O) groups excluding carboxylic acids is 1. The van der Waals surface area contributed by atoms with Crippen LogP contribution in [-0.2, 0) is 0 Å². The van der Waals surface area contributed by atoms with Gasteiger partial charge in [-0.2, -0.15) is 0 Å². The molecule has 0 amide bonds. The van der Waals surface area contributed by atoms with Gasteiger partial charge in [0.2, 0.25) is 11.7 Å². The molecule has 2 heterocycles. The first-order valence-electron chi connectivity index (χ1n) is 6.04. The first-order valence-corrected chi connectivity index (χ1v) is 6.04. The monoisotopic (exact) mass is 265 g/mol. The molecule has 0 atom stereocenters. The van der Waals surface area contributed by atoms with Crippen molar-refractivity contribution in [3.8, 4) is 5.88 Å². The third kappa shape index (κ3) is 2.09. The molecule has 1 aromatic carbocycles. The zero-order valence-electron chi connectivity index (χ0n) is 10.8. The first kappa shape index (κ1) is 12.2. The largest absolute Gasteiger partial charge is 0.481 e. The number of ether oxygens (including phenoxy) is 1. The molecule has 0 radical (unpaired) electrons. The Morgan fingerprint density at radius 2 is 1.95 bits per heavy atom. The van der Waals surface area contributed by atoms with E-state index in [9.17, 15) is 4.79 Å². The maximum absolute atomic E-state index is 12.5. The second-order valence-corrected chi connectivity index (χ2v) is 4.16. The highest BCUT2D eigenvalue weighted by molar-refractivity contribution is 6.14. The number of carbonyl (C=O) groups is 1. The maximum atomic E-state index is 12.5. The van der Waals surface area contributed by atoms with Crippen molar-refractivity contribution >= 4 is 16.7 Å². The average Bonchev–Trinajstić information content (AvgIpc) is 2.53. The van der Waals surface area contributed by atoms with Crippen molar-refractivity contribution < 1.29 is 9.53 Å². The summed E-state index contributed by atoms with van der Waals surface area (Å²) in [4.78, 5) is 24.7. The fraction of sp³-hybridized carbons (Fsp3) is 0.0667. The number of nitrogens with zero attached hydrogens (tertiary/aromatic N) is 3. The van der Waals surface area contributed by atoms with E-state index in [1.165, 1.54) is 19.5 Å². The number of hydrogen-bond acceptors (Lipinski definition) is 5. The number of hydrogen-bond donors (Lipinski definition) is 0. The molecule has 5 heteroatoms. The Labute approximate surface area is 115 Å². The third-order valence-electron chi connectivity index (χ3n) is 2.96. The van der Waals surface area contributed by atoms with E-state index in [4.69, 9.17) is 4.74 Å². The standard InChI is InChI=1S/C15H11N3O2/c1-20-13-8-12(17-9-18-13)15(19)11-6-2-4-10-5-3-7-16-14(10)11/h2-9H,1H3. The van der Waals surface area contributed by atoms with Crippen molar-refractivity contribution in [1.82, 2.24) is 15.0 Å². The van der Waals surface area contributed by atoms with Gasteiger partial charge in [0, 0.05) is 17.6 Å². The lowest BCUT2D eigenvalue weighted by Crippen LogP contribution is -2.06. The molecular formula is C15H11N3O2. The molecule has 3 rings (SSSR count). The predicted molar refractivity (Wildman–Crippen MR) is 73.8 cm³/mol. The van der Waals surface area contributed by atoms with Gasteiger partial charge in [-0.3, -0.25) is 9.78 Å². The van der Waals surface area contributed by atoms with Crippen LogP contribution in [-0.4, -0.2) is 27.8 Å². The Bertz CT molecular complexity index is 781.